The van der Waals surface area contributed by atoms with Crippen LogP contribution < -0.4 is 0 Å². The molecule has 19 heavy (non-hydrogen) atoms. The summed E-state index contributed by atoms with van der Waals surface area (Å²) in [6.45, 7) is 2.53. The first-order chi connectivity index (χ1) is 9.10. The molecule has 1 aromatic heterocycles. The maximum atomic E-state index is 9.72. The maximum Gasteiger partial charge on any atom is 0.181 e. The Labute approximate surface area is 120 Å². The molecule has 0 fully saturated rings. The molecule has 2 rings (SSSR count). The lowest BCUT2D eigenvalue weighted by Gasteiger charge is -2.09. The van der Waals surface area contributed by atoms with Crippen LogP contribution in [0.5, 0.6) is 0 Å². The van der Waals surface area contributed by atoms with Crippen LogP contribution >= 0.6 is 15.9 Å². The van der Waals surface area contributed by atoms with Crippen LogP contribution in [0.2, 0.25) is 0 Å². The molecule has 0 saturated heterocycles. The fourth-order valence-corrected chi connectivity index (χ4v) is 2.02. The number of aromatic nitrogens is 3. The number of rotatable bonds is 5. The summed E-state index contributed by atoms with van der Waals surface area (Å²) in [5, 5.41) is 14.1. The zero-order chi connectivity index (χ0) is 13.8. The Balaban J connectivity index is 2.18. The van der Waals surface area contributed by atoms with E-state index in [1.807, 2.05) is 31.2 Å². The molecule has 0 radical (unpaired) electrons. The van der Waals surface area contributed by atoms with Crippen molar-refractivity contribution in [2.75, 3.05) is 13.7 Å². The lowest BCUT2D eigenvalue weighted by atomic mass is 10.2. The van der Waals surface area contributed by atoms with Gasteiger partial charge in [0.15, 0.2) is 5.82 Å². The molecule has 6 heteroatoms. The van der Waals surface area contributed by atoms with Crippen molar-refractivity contribution < 1.29 is 9.84 Å². The predicted molar refractivity (Wildman–Crippen MR) is 75.8 cm³/mol. The van der Waals surface area contributed by atoms with Crippen LogP contribution in [-0.4, -0.2) is 39.7 Å². The standard InChI is InChI=1S/C13H16BrN3O2/c1-9-15-13(10-3-5-11(14)6-4-10)16-17(9)7-12(18)8-19-2/h3-6,12,18H,7-8H2,1-2H3/t12-/m0/s1. The van der Waals surface area contributed by atoms with Crippen molar-refractivity contribution in [3.63, 3.8) is 0 Å². The van der Waals surface area contributed by atoms with Gasteiger partial charge in [-0.05, 0) is 19.1 Å². The number of halogens is 1. The first-order valence-corrected chi connectivity index (χ1v) is 6.74. The molecule has 1 atom stereocenters. The average molecular weight is 326 g/mol. The second kappa shape index (κ2) is 6.27. The first-order valence-electron chi connectivity index (χ1n) is 5.94. The Bertz CT molecular complexity index is 539. The molecule has 0 aliphatic heterocycles. The Hall–Kier alpha value is -1.24. The van der Waals surface area contributed by atoms with Crippen molar-refractivity contribution in [2.24, 2.45) is 0 Å². The predicted octanol–water partition coefficient (Wildman–Crippen LogP) is 2.02. The monoisotopic (exact) mass is 325 g/mol. The lowest BCUT2D eigenvalue weighted by Crippen LogP contribution is -2.22. The Morgan fingerprint density at radius 1 is 1.37 bits per heavy atom. The van der Waals surface area contributed by atoms with Crippen LogP contribution in [0.1, 0.15) is 5.82 Å². The lowest BCUT2D eigenvalue weighted by molar-refractivity contribution is 0.0509. The minimum atomic E-state index is -0.580. The third-order valence-electron chi connectivity index (χ3n) is 2.70. The molecule has 0 bridgehead atoms. The van der Waals surface area contributed by atoms with Gasteiger partial charge < -0.3 is 9.84 Å². The smallest absolute Gasteiger partial charge is 0.181 e. The van der Waals surface area contributed by atoms with Gasteiger partial charge in [0, 0.05) is 17.1 Å². The van der Waals surface area contributed by atoms with Gasteiger partial charge in [0.2, 0.25) is 0 Å². The first kappa shape index (κ1) is 14.2. The van der Waals surface area contributed by atoms with E-state index in [2.05, 4.69) is 26.0 Å². The van der Waals surface area contributed by atoms with Crippen LogP contribution in [0.4, 0.5) is 0 Å². The van der Waals surface area contributed by atoms with Crippen molar-refractivity contribution in [2.45, 2.75) is 19.6 Å². The molecule has 102 valence electrons. The van der Waals surface area contributed by atoms with E-state index >= 15 is 0 Å². The quantitative estimate of drug-likeness (QED) is 0.913. The van der Waals surface area contributed by atoms with Crippen LogP contribution in [0.3, 0.4) is 0 Å². The van der Waals surface area contributed by atoms with Gasteiger partial charge in [0.05, 0.1) is 19.3 Å². The third-order valence-corrected chi connectivity index (χ3v) is 3.23. The molecular formula is C13H16BrN3O2. The highest BCUT2D eigenvalue weighted by Gasteiger charge is 2.12. The van der Waals surface area contributed by atoms with Gasteiger partial charge in [0.1, 0.15) is 5.82 Å². The minimum absolute atomic E-state index is 0.285. The van der Waals surface area contributed by atoms with Crippen LogP contribution in [0, 0.1) is 6.92 Å². The molecule has 2 aromatic rings. The normalized spacial score (nSPS) is 12.6. The molecule has 0 spiro atoms. The van der Waals surface area contributed by atoms with E-state index in [1.54, 1.807) is 11.8 Å². The Morgan fingerprint density at radius 3 is 2.68 bits per heavy atom. The van der Waals surface area contributed by atoms with Crippen LogP contribution in [0.15, 0.2) is 28.7 Å². The number of nitrogens with zero attached hydrogens (tertiary/aromatic N) is 3. The summed E-state index contributed by atoms with van der Waals surface area (Å²) in [4.78, 5) is 4.41. The summed E-state index contributed by atoms with van der Waals surface area (Å²) in [7, 11) is 1.56. The van der Waals surface area contributed by atoms with Crippen molar-refractivity contribution in [1.29, 1.82) is 0 Å². The van der Waals surface area contributed by atoms with E-state index in [9.17, 15) is 5.11 Å². The number of hydrogen-bond acceptors (Lipinski definition) is 4. The summed E-state index contributed by atoms with van der Waals surface area (Å²) in [5.74, 6) is 1.43. The molecule has 0 unspecified atom stereocenters. The van der Waals surface area contributed by atoms with E-state index < -0.39 is 6.10 Å². The van der Waals surface area contributed by atoms with Gasteiger partial charge in [0.25, 0.3) is 0 Å². The molecule has 0 aliphatic carbocycles. The Kier molecular flexibility index (Phi) is 4.68. The highest BCUT2D eigenvalue weighted by molar-refractivity contribution is 9.10. The van der Waals surface area contributed by atoms with Gasteiger partial charge in [-0.15, -0.1) is 0 Å². The second-order valence-electron chi connectivity index (χ2n) is 4.28. The summed E-state index contributed by atoms with van der Waals surface area (Å²) in [5.41, 5.74) is 0.950. The highest BCUT2D eigenvalue weighted by Crippen LogP contribution is 2.19. The zero-order valence-electron chi connectivity index (χ0n) is 10.9. The van der Waals surface area contributed by atoms with E-state index in [0.717, 1.165) is 15.9 Å². The van der Waals surface area contributed by atoms with Crippen LogP contribution in [-0.2, 0) is 11.3 Å². The SMILES string of the molecule is COC[C@@H](O)Cn1nc(-c2ccc(Br)cc2)nc1C. The Morgan fingerprint density at radius 2 is 2.05 bits per heavy atom. The number of methoxy groups -OCH3 is 1. The average Bonchev–Trinajstić information content (AvgIpc) is 2.72. The van der Waals surface area contributed by atoms with Gasteiger partial charge in [-0.1, -0.05) is 28.1 Å². The molecule has 1 heterocycles. The topological polar surface area (TPSA) is 60.2 Å². The molecule has 0 aliphatic rings. The summed E-state index contributed by atoms with van der Waals surface area (Å²) in [6, 6.07) is 7.81. The van der Waals surface area contributed by atoms with E-state index in [1.165, 1.54) is 0 Å². The summed E-state index contributed by atoms with van der Waals surface area (Å²) >= 11 is 3.39. The van der Waals surface area contributed by atoms with Gasteiger partial charge >= 0.3 is 0 Å². The zero-order valence-corrected chi connectivity index (χ0v) is 12.5. The summed E-state index contributed by atoms with van der Waals surface area (Å²) < 4.78 is 7.62. The van der Waals surface area contributed by atoms with E-state index in [-0.39, 0.29) is 6.61 Å². The number of ether oxygens (including phenoxy) is 1. The summed E-state index contributed by atoms with van der Waals surface area (Å²) in [6.07, 6.45) is -0.580. The molecule has 0 amide bonds. The van der Waals surface area contributed by atoms with E-state index in [0.29, 0.717) is 12.4 Å². The number of hydrogen-bond donors (Lipinski definition) is 1. The maximum absolute atomic E-state index is 9.72. The largest absolute Gasteiger partial charge is 0.389 e. The molecular weight excluding hydrogens is 310 g/mol. The van der Waals surface area contributed by atoms with Crippen molar-refractivity contribution in [3.8, 4) is 11.4 Å². The molecule has 1 aromatic carbocycles. The molecule has 1 N–H and O–H groups in total. The molecule has 0 saturated carbocycles. The second-order valence-corrected chi connectivity index (χ2v) is 5.20. The van der Waals surface area contributed by atoms with Gasteiger partial charge in [-0.25, -0.2) is 9.67 Å². The fraction of sp³-hybridized carbons (Fsp3) is 0.385. The third kappa shape index (κ3) is 3.62. The highest BCUT2D eigenvalue weighted by atomic mass is 79.9. The minimum Gasteiger partial charge on any atom is -0.389 e. The van der Waals surface area contributed by atoms with E-state index in [4.69, 9.17) is 4.74 Å². The molecule has 5 nitrogen and oxygen atoms in total. The number of benzene rings is 1. The van der Waals surface area contributed by atoms with Crippen molar-refractivity contribution in [3.05, 3.63) is 34.6 Å². The fourth-order valence-electron chi connectivity index (χ4n) is 1.76. The van der Waals surface area contributed by atoms with Gasteiger partial charge in [-0.3, -0.25) is 0 Å². The van der Waals surface area contributed by atoms with Crippen molar-refractivity contribution in [1.82, 2.24) is 14.8 Å². The van der Waals surface area contributed by atoms with Crippen LogP contribution in [0.25, 0.3) is 11.4 Å². The number of aliphatic hydroxyl groups is 1. The number of aliphatic hydroxyl groups excluding tert-OH is 1. The van der Waals surface area contributed by atoms with Gasteiger partial charge in [-0.2, -0.15) is 5.10 Å². The number of aryl methyl sites for hydroxylation is 1. The van der Waals surface area contributed by atoms with Crippen molar-refractivity contribution >= 4 is 15.9 Å².